The lowest BCUT2D eigenvalue weighted by atomic mass is 10.1. The maximum atomic E-state index is 12.2. The lowest BCUT2D eigenvalue weighted by molar-refractivity contribution is -0.120. The van der Waals surface area contributed by atoms with Crippen LogP contribution in [0.4, 0.5) is 0 Å². The Labute approximate surface area is 216 Å². The van der Waals surface area contributed by atoms with Gasteiger partial charge in [-0.05, 0) is 60.4 Å². The van der Waals surface area contributed by atoms with Crippen LogP contribution in [-0.4, -0.2) is 29.1 Å². The fraction of sp³-hybridized carbons (Fsp3) is 0.286. The number of aryl methyl sites for hydroxylation is 1. The molecule has 182 valence electrons. The summed E-state index contributed by atoms with van der Waals surface area (Å²) in [4.78, 5) is 17.1. The summed E-state index contributed by atoms with van der Waals surface area (Å²) in [5.74, 6) is 1.87. The van der Waals surface area contributed by atoms with Gasteiger partial charge in [0.15, 0.2) is 0 Å². The number of halogens is 2. The van der Waals surface area contributed by atoms with Crippen molar-refractivity contribution in [1.29, 1.82) is 0 Å². The second kappa shape index (κ2) is 12.1. The van der Waals surface area contributed by atoms with Crippen LogP contribution in [0.15, 0.2) is 66.7 Å². The van der Waals surface area contributed by atoms with Crippen LogP contribution in [0.1, 0.15) is 36.2 Å². The van der Waals surface area contributed by atoms with Gasteiger partial charge in [-0.1, -0.05) is 60.0 Å². The number of amides is 1. The van der Waals surface area contributed by atoms with Crippen LogP contribution >= 0.6 is 23.2 Å². The molecule has 4 rings (SSSR count). The number of fused-ring (bicyclic) bond motifs is 1. The van der Waals surface area contributed by atoms with E-state index in [0.717, 1.165) is 59.4 Å². The van der Waals surface area contributed by atoms with Crippen molar-refractivity contribution in [2.45, 2.75) is 38.6 Å². The standard InChI is InChI=1S/C28H29Cl2N3O2/c1-35-23-14-10-20(11-15-23)17-28(34)31-16-6-2-3-9-27-32-25-7-4-5-8-26(25)33(27)19-21-12-13-22(29)18-24(21)30/h4-5,7-8,10-15,18H,2-3,6,9,16-17,19H2,1H3,(H,31,34). The van der Waals surface area contributed by atoms with Crippen molar-refractivity contribution >= 4 is 40.1 Å². The van der Waals surface area contributed by atoms with Crippen molar-refractivity contribution in [3.8, 4) is 5.75 Å². The molecule has 1 heterocycles. The fourth-order valence-corrected chi connectivity index (χ4v) is 4.59. The minimum absolute atomic E-state index is 0.0387. The zero-order valence-electron chi connectivity index (χ0n) is 19.8. The van der Waals surface area contributed by atoms with Crippen molar-refractivity contribution in [3.63, 3.8) is 0 Å². The van der Waals surface area contributed by atoms with Gasteiger partial charge >= 0.3 is 0 Å². The molecule has 1 amide bonds. The fourth-order valence-electron chi connectivity index (χ4n) is 4.12. The first kappa shape index (κ1) is 25.1. The number of rotatable bonds is 11. The molecule has 0 atom stereocenters. The average molecular weight is 510 g/mol. The molecule has 0 fully saturated rings. The van der Waals surface area contributed by atoms with Gasteiger partial charge in [0, 0.05) is 23.0 Å². The highest BCUT2D eigenvalue weighted by Gasteiger charge is 2.12. The van der Waals surface area contributed by atoms with Crippen molar-refractivity contribution in [3.05, 3.63) is 93.7 Å². The number of aromatic nitrogens is 2. The summed E-state index contributed by atoms with van der Waals surface area (Å²) in [7, 11) is 1.63. The molecule has 1 N–H and O–H groups in total. The number of ether oxygens (including phenoxy) is 1. The Morgan fingerprint density at radius 1 is 1.00 bits per heavy atom. The van der Waals surface area contributed by atoms with Gasteiger partial charge in [-0.15, -0.1) is 0 Å². The number of methoxy groups -OCH3 is 1. The Balaban J connectivity index is 1.28. The maximum absolute atomic E-state index is 12.2. The number of hydrogen-bond donors (Lipinski definition) is 1. The van der Waals surface area contributed by atoms with Gasteiger partial charge in [0.2, 0.25) is 5.91 Å². The predicted molar refractivity (Wildman–Crippen MR) is 143 cm³/mol. The number of nitrogens with one attached hydrogen (secondary N) is 1. The van der Waals surface area contributed by atoms with E-state index in [1.54, 1.807) is 13.2 Å². The second-order valence-electron chi connectivity index (χ2n) is 8.52. The van der Waals surface area contributed by atoms with Gasteiger partial charge in [0.1, 0.15) is 11.6 Å². The Kier molecular flexibility index (Phi) is 8.67. The smallest absolute Gasteiger partial charge is 0.224 e. The summed E-state index contributed by atoms with van der Waals surface area (Å²) in [6.07, 6.45) is 4.16. The molecule has 0 saturated carbocycles. The highest BCUT2D eigenvalue weighted by Crippen LogP contribution is 2.25. The normalized spacial score (nSPS) is 11.1. The first-order chi connectivity index (χ1) is 17.0. The Bertz CT molecular complexity index is 1290. The summed E-state index contributed by atoms with van der Waals surface area (Å²) in [6.45, 7) is 1.32. The number of nitrogens with zero attached hydrogens (tertiary/aromatic N) is 2. The number of unbranched alkanes of at least 4 members (excludes halogenated alkanes) is 2. The molecular formula is C28H29Cl2N3O2. The average Bonchev–Trinajstić information content (AvgIpc) is 3.20. The number of carbonyl (C=O) groups is 1. The number of hydrogen-bond acceptors (Lipinski definition) is 3. The summed E-state index contributed by atoms with van der Waals surface area (Å²) in [5, 5.41) is 4.31. The number of imidazole rings is 1. The first-order valence-electron chi connectivity index (χ1n) is 11.8. The third kappa shape index (κ3) is 6.77. The van der Waals surface area contributed by atoms with E-state index in [1.807, 2.05) is 54.6 Å². The number of carbonyl (C=O) groups excluding carboxylic acids is 1. The van der Waals surface area contributed by atoms with Gasteiger partial charge in [0.25, 0.3) is 0 Å². The van der Waals surface area contributed by atoms with Gasteiger partial charge in [-0.25, -0.2) is 4.98 Å². The van der Waals surface area contributed by atoms with E-state index in [0.29, 0.717) is 29.6 Å². The molecule has 35 heavy (non-hydrogen) atoms. The summed E-state index contributed by atoms with van der Waals surface area (Å²) in [5.41, 5.74) is 4.07. The third-order valence-electron chi connectivity index (χ3n) is 6.00. The molecule has 3 aromatic carbocycles. The molecule has 0 aliphatic heterocycles. The molecule has 0 spiro atoms. The van der Waals surface area contributed by atoms with Crippen molar-refractivity contribution < 1.29 is 9.53 Å². The Morgan fingerprint density at radius 2 is 1.80 bits per heavy atom. The zero-order valence-corrected chi connectivity index (χ0v) is 21.3. The lowest BCUT2D eigenvalue weighted by Crippen LogP contribution is -2.26. The molecule has 4 aromatic rings. The number of benzene rings is 3. The molecule has 5 nitrogen and oxygen atoms in total. The largest absolute Gasteiger partial charge is 0.497 e. The minimum Gasteiger partial charge on any atom is -0.497 e. The highest BCUT2D eigenvalue weighted by atomic mass is 35.5. The minimum atomic E-state index is 0.0387. The predicted octanol–water partition coefficient (Wildman–Crippen LogP) is 6.47. The van der Waals surface area contributed by atoms with Gasteiger partial charge in [-0.2, -0.15) is 0 Å². The van der Waals surface area contributed by atoms with E-state index in [1.165, 1.54) is 0 Å². The van der Waals surface area contributed by atoms with Gasteiger partial charge in [-0.3, -0.25) is 4.79 Å². The van der Waals surface area contributed by atoms with E-state index in [9.17, 15) is 4.79 Å². The maximum Gasteiger partial charge on any atom is 0.224 e. The first-order valence-corrected chi connectivity index (χ1v) is 12.6. The van der Waals surface area contributed by atoms with Gasteiger partial charge in [0.05, 0.1) is 31.1 Å². The summed E-state index contributed by atoms with van der Waals surface area (Å²) >= 11 is 12.5. The van der Waals surface area contributed by atoms with E-state index in [-0.39, 0.29) is 5.91 Å². The van der Waals surface area contributed by atoms with Crippen LogP contribution in [0.25, 0.3) is 11.0 Å². The van der Waals surface area contributed by atoms with E-state index < -0.39 is 0 Å². The van der Waals surface area contributed by atoms with E-state index in [4.69, 9.17) is 32.9 Å². The van der Waals surface area contributed by atoms with Crippen LogP contribution in [0, 0.1) is 0 Å². The van der Waals surface area contributed by atoms with Gasteiger partial charge < -0.3 is 14.6 Å². The lowest BCUT2D eigenvalue weighted by Gasteiger charge is -2.11. The molecule has 0 saturated heterocycles. The molecule has 0 aliphatic carbocycles. The van der Waals surface area contributed by atoms with Crippen molar-refractivity contribution in [2.24, 2.45) is 0 Å². The van der Waals surface area contributed by atoms with Crippen LogP contribution in [-0.2, 0) is 24.2 Å². The van der Waals surface area contributed by atoms with Crippen LogP contribution in [0.2, 0.25) is 10.0 Å². The van der Waals surface area contributed by atoms with Crippen LogP contribution < -0.4 is 10.1 Å². The molecule has 1 aromatic heterocycles. The van der Waals surface area contributed by atoms with E-state index in [2.05, 4.69) is 16.0 Å². The van der Waals surface area contributed by atoms with Crippen molar-refractivity contribution in [1.82, 2.24) is 14.9 Å². The van der Waals surface area contributed by atoms with Crippen LogP contribution in [0.5, 0.6) is 5.75 Å². The molecule has 0 unspecified atom stereocenters. The van der Waals surface area contributed by atoms with Crippen molar-refractivity contribution in [2.75, 3.05) is 13.7 Å². The summed E-state index contributed by atoms with van der Waals surface area (Å²) in [6, 6.07) is 21.4. The van der Waals surface area contributed by atoms with E-state index >= 15 is 0 Å². The SMILES string of the molecule is COc1ccc(CC(=O)NCCCCCc2nc3ccccc3n2Cc2ccc(Cl)cc2Cl)cc1. The Morgan fingerprint density at radius 3 is 2.57 bits per heavy atom. The van der Waals surface area contributed by atoms with Crippen LogP contribution in [0.3, 0.4) is 0 Å². The Hall–Kier alpha value is -3.02. The third-order valence-corrected chi connectivity index (χ3v) is 6.59. The molecular weight excluding hydrogens is 481 g/mol. The highest BCUT2D eigenvalue weighted by molar-refractivity contribution is 6.35. The molecule has 0 aliphatic rings. The molecule has 7 heteroatoms. The number of para-hydroxylation sites is 2. The quantitative estimate of drug-likeness (QED) is 0.235. The molecule has 0 bridgehead atoms. The second-order valence-corrected chi connectivity index (χ2v) is 9.37. The zero-order chi connectivity index (χ0) is 24.6. The topological polar surface area (TPSA) is 56.1 Å². The monoisotopic (exact) mass is 509 g/mol. The summed E-state index contributed by atoms with van der Waals surface area (Å²) < 4.78 is 7.39. The molecule has 0 radical (unpaired) electrons.